The van der Waals surface area contributed by atoms with Crippen LogP contribution < -0.4 is 5.32 Å². The van der Waals surface area contributed by atoms with E-state index in [1.165, 1.54) is 19.3 Å². The molecule has 0 bridgehead atoms. The van der Waals surface area contributed by atoms with E-state index in [2.05, 4.69) is 5.32 Å². The molecule has 0 spiro atoms. The Morgan fingerprint density at radius 1 is 1.25 bits per heavy atom. The van der Waals surface area contributed by atoms with Crippen LogP contribution in [0.1, 0.15) is 29.6 Å². The molecule has 0 atom stereocenters. The summed E-state index contributed by atoms with van der Waals surface area (Å²) < 4.78 is 0. The van der Waals surface area contributed by atoms with Crippen molar-refractivity contribution in [3.63, 3.8) is 0 Å². The van der Waals surface area contributed by atoms with Crippen molar-refractivity contribution >= 4 is 11.6 Å². The highest BCUT2D eigenvalue weighted by molar-refractivity contribution is 5.94. The van der Waals surface area contributed by atoms with Gasteiger partial charge in [0.1, 0.15) is 0 Å². The fraction of sp³-hybridized carbons (Fsp3) is 0.462. The maximum Gasteiger partial charge on any atom is 0.253 e. The van der Waals surface area contributed by atoms with Gasteiger partial charge in [0.15, 0.2) is 0 Å². The van der Waals surface area contributed by atoms with Gasteiger partial charge in [0.2, 0.25) is 0 Å². The topological polar surface area (TPSA) is 32.3 Å². The number of anilines is 1. The van der Waals surface area contributed by atoms with Crippen LogP contribution in [0.15, 0.2) is 24.3 Å². The summed E-state index contributed by atoms with van der Waals surface area (Å²) >= 11 is 0. The second-order valence-electron chi connectivity index (χ2n) is 4.55. The minimum absolute atomic E-state index is 0.0511. The highest BCUT2D eigenvalue weighted by atomic mass is 16.2. The molecule has 1 N–H and O–H groups in total. The smallest absolute Gasteiger partial charge is 0.253 e. The molecule has 0 saturated heterocycles. The van der Waals surface area contributed by atoms with Crippen LogP contribution in [0, 0.1) is 0 Å². The summed E-state index contributed by atoms with van der Waals surface area (Å²) in [7, 11) is 3.53. The van der Waals surface area contributed by atoms with Gasteiger partial charge in [-0.05, 0) is 43.5 Å². The first-order valence-corrected chi connectivity index (χ1v) is 5.75. The Kier molecular flexibility index (Phi) is 3.13. The second-order valence-corrected chi connectivity index (χ2v) is 4.55. The molecule has 1 fully saturated rings. The van der Waals surface area contributed by atoms with Crippen LogP contribution >= 0.6 is 0 Å². The zero-order valence-corrected chi connectivity index (χ0v) is 9.86. The average molecular weight is 218 g/mol. The minimum atomic E-state index is 0.0511. The van der Waals surface area contributed by atoms with Crippen molar-refractivity contribution in [1.82, 2.24) is 4.90 Å². The number of hydrogen-bond donors (Lipinski definition) is 1. The number of carbonyl (C=O) groups is 1. The monoisotopic (exact) mass is 218 g/mol. The van der Waals surface area contributed by atoms with Gasteiger partial charge in [0, 0.05) is 31.4 Å². The molecule has 0 aromatic heterocycles. The summed E-state index contributed by atoms with van der Waals surface area (Å²) in [6.07, 6.45) is 3.85. The number of hydrogen-bond acceptors (Lipinski definition) is 2. The summed E-state index contributed by atoms with van der Waals surface area (Å²) in [5.74, 6) is 0.0511. The van der Waals surface area contributed by atoms with Gasteiger partial charge in [-0.2, -0.15) is 0 Å². The van der Waals surface area contributed by atoms with Crippen LogP contribution in [0.4, 0.5) is 5.69 Å². The fourth-order valence-corrected chi connectivity index (χ4v) is 1.76. The summed E-state index contributed by atoms with van der Waals surface area (Å²) in [5.41, 5.74) is 1.85. The van der Waals surface area contributed by atoms with E-state index in [9.17, 15) is 4.79 Å². The summed E-state index contributed by atoms with van der Waals surface area (Å²) in [6, 6.07) is 8.35. The molecular weight excluding hydrogens is 200 g/mol. The summed E-state index contributed by atoms with van der Waals surface area (Å²) in [6.45, 7) is 0. The quantitative estimate of drug-likeness (QED) is 0.844. The first-order valence-electron chi connectivity index (χ1n) is 5.75. The zero-order chi connectivity index (χ0) is 11.5. The van der Waals surface area contributed by atoms with E-state index in [1.54, 1.807) is 19.0 Å². The molecule has 1 amide bonds. The Morgan fingerprint density at radius 2 is 1.88 bits per heavy atom. The lowest BCUT2D eigenvalue weighted by Crippen LogP contribution is -2.27. The van der Waals surface area contributed by atoms with Crippen molar-refractivity contribution in [3.05, 3.63) is 29.8 Å². The first kappa shape index (κ1) is 11.0. The van der Waals surface area contributed by atoms with E-state index in [0.29, 0.717) is 6.04 Å². The van der Waals surface area contributed by atoms with Gasteiger partial charge in [0.25, 0.3) is 5.91 Å². The molecule has 2 rings (SSSR count). The Balaban J connectivity index is 2.00. The van der Waals surface area contributed by atoms with E-state index in [-0.39, 0.29) is 5.91 Å². The van der Waals surface area contributed by atoms with Crippen LogP contribution in [0.3, 0.4) is 0 Å². The molecule has 0 radical (unpaired) electrons. The molecule has 0 heterocycles. The van der Waals surface area contributed by atoms with Gasteiger partial charge in [-0.1, -0.05) is 0 Å². The number of nitrogens with one attached hydrogen (secondary N) is 1. The molecular formula is C13H18N2O. The molecule has 86 valence electrons. The summed E-state index contributed by atoms with van der Waals surface area (Å²) in [5, 5.41) is 3.45. The van der Waals surface area contributed by atoms with E-state index >= 15 is 0 Å². The van der Waals surface area contributed by atoms with Gasteiger partial charge in [-0.3, -0.25) is 4.79 Å². The van der Waals surface area contributed by atoms with Gasteiger partial charge >= 0.3 is 0 Å². The third-order valence-electron chi connectivity index (χ3n) is 3.01. The van der Waals surface area contributed by atoms with Crippen molar-refractivity contribution in [1.29, 1.82) is 0 Å². The normalized spacial score (nSPS) is 15.4. The van der Waals surface area contributed by atoms with Crippen LogP contribution in [-0.2, 0) is 0 Å². The van der Waals surface area contributed by atoms with Crippen LogP contribution in [-0.4, -0.2) is 30.9 Å². The SMILES string of the molecule is CN(C)C(=O)c1ccc(NC2CCC2)cc1. The van der Waals surface area contributed by atoms with Crippen molar-refractivity contribution < 1.29 is 4.79 Å². The predicted molar refractivity (Wildman–Crippen MR) is 65.7 cm³/mol. The Hall–Kier alpha value is -1.51. The molecule has 1 aliphatic rings. The summed E-state index contributed by atoms with van der Waals surface area (Å²) in [4.78, 5) is 13.2. The van der Waals surface area contributed by atoms with E-state index in [4.69, 9.17) is 0 Å². The maximum absolute atomic E-state index is 11.7. The van der Waals surface area contributed by atoms with Gasteiger partial charge in [-0.25, -0.2) is 0 Å². The van der Waals surface area contributed by atoms with Crippen molar-refractivity contribution in [2.45, 2.75) is 25.3 Å². The molecule has 0 aliphatic heterocycles. The Labute approximate surface area is 96.5 Å². The fourth-order valence-electron chi connectivity index (χ4n) is 1.76. The third-order valence-corrected chi connectivity index (χ3v) is 3.01. The maximum atomic E-state index is 11.7. The number of amides is 1. The molecule has 16 heavy (non-hydrogen) atoms. The lowest BCUT2D eigenvalue weighted by Gasteiger charge is -2.27. The molecule has 1 aromatic rings. The second kappa shape index (κ2) is 4.56. The standard InChI is InChI=1S/C13H18N2O/c1-15(2)13(16)10-6-8-12(9-7-10)14-11-4-3-5-11/h6-9,11,14H,3-5H2,1-2H3. The Bertz CT molecular complexity index is 366. The molecule has 0 unspecified atom stereocenters. The predicted octanol–water partition coefficient (Wildman–Crippen LogP) is 2.35. The van der Waals surface area contributed by atoms with E-state index in [0.717, 1.165) is 11.3 Å². The van der Waals surface area contributed by atoms with Crippen LogP contribution in [0.5, 0.6) is 0 Å². The van der Waals surface area contributed by atoms with Crippen molar-refractivity contribution in [2.24, 2.45) is 0 Å². The molecule has 3 heteroatoms. The highest BCUT2D eigenvalue weighted by Crippen LogP contribution is 2.23. The lowest BCUT2D eigenvalue weighted by atomic mass is 9.93. The molecule has 1 saturated carbocycles. The first-order chi connectivity index (χ1) is 7.66. The molecule has 1 aliphatic carbocycles. The number of carbonyl (C=O) groups excluding carboxylic acids is 1. The number of benzene rings is 1. The van der Waals surface area contributed by atoms with Crippen molar-refractivity contribution in [3.8, 4) is 0 Å². The van der Waals surface area contributed by atoms with Crippen LogP contribution in [0.25, 0.3) is 0 Å². The van der Waals surface area contributed by atoms with Gasteiger partial charge in [0.05, 0.1) is 0 Å². The van der Waals surface area contributed by atoms with Gasteiger partial charge < -0.3 is 10.2 Å². The highest BCUT2D eigenvalue weighted by Gasteiger charge is 2.16. The average Bonchev–Trinajstić information content (AvgIpc) is 2.23. The van der Waals surface area contributed by atoms with E-state index < -0.39 is 0 Å². The number of rotatable bonds is 3. The van der Waals surface area contributed by atoms with Crippen LogP contribution in [0.2, 0.25) is 0 Å². The lowest BCUT2D eigenvalue weighted by molar-refractivity contribution is 0.0827. The number of nitrogens with zero attached hydrogens (tertiary/aromatic N) is 1. The molecule has 3 nitrogen and oxygen atoms in total. The minimum Gasteiger partial charge on any atom is -0.382 e. The van der Waals surface area contributed by atoms with E-state index in [1.807, 2.05) is 24.3 Å². The van der Waals surface area contributed by atoms with Crippen molar-refractivity contribution in [2.75, 3.05) is 19.4 Å². The molecule has 1 aromatic carbocycles. The third kappa shape index (κ3) is 2.35. The largest absolute Gasteiger partial charge is 0.382 e. The van der Waals surface area contributed by atoms with Gasteiger partial charge in [-0.15, -0.1) is 0 Å². The zero-order valence-electron chi connectivity index (χ0n) is 9.86. The Morgan fingerprint density at radius 3 is 2.31 bits per heavy atom.